The van der Waals surface area contributed by atoms with Crippen molar-refractivity contribution in [3.63, 3.8) is 0 Å². The summed E-state index contributed by atoms with van der Waals surface area (Å²) in [7, 11) is 0. The van der Waals surface area contributed by atoms with E-state index in [1.54, 1.807) is 24.3 Å². The van der Waals surface area contributed by atoms with Gasteiger partial charge in [-0.1, -0.05) is 41.9 Å². The van der Waals surface area contributed by atoms with Gasteiger partial charge in [-0.05, 0) is 29.8 Å². The molecule has 4 nitrogen and oxygen atoms in total. The molecule has 0 amide bonds. The molecule has 0 atom stereocenters. The fourth-order valence-corrected chi connectivity index (χ4v) is 2.14. The smallest absolute Gasteiger partial charge is 0.232 e. The zero-order chi connectivity index (χ0) is 15.4. The van der Waals surface area contributed by atoms with E-state index in [1.807, 2.05) is 36.4 Å². The number of nitriles is 1. The van der Waals surface area contributed by atoms with E-state index in [4.69, 9.17) is 16.0 Å². The predicted octanol–water partition coefficient (Wildman–Crippen LogP) is 4.48. The fourth-order valence-electron chi connectivity index (χ4n) is 2.01. The number of halogens is 1. The molecule has 0 radical (unpaired) electrons. The number of nitrogens with zero attached hydrogens (tertiary/aromatic N) is 2. The second-order valence-electron chi connectivity index (χ2n) is 4.65. The number of hydrogen-bond acceptors (Lipinski definition) is 4. The summed E-state index contributed by atoms with van der Waals surface area (Å²) < 4.78 is 5.67. The summed E-state index contributed by atoms with van der Waals surface area (Å²) >= 11 is 5.86. The molecule has 0 aliphatic carbocycles. The van der Waals surface area contributed by atoms with Crippen molar-refractivity contribution in [2.75, 3.05) is 5.32 Å². The van der Waals surface area contributed by atoms with Crippen LogP contribution in [0, 0.1) is 11.3 Å². The molecule has 0 unspecified atom stereocenters. The molecule has 5 heteroatoms. The molecular weight excluding hydrogens is 298 g/mol. The zero-order valence-electron chi connectivity index (χ0n) is 11.6. The van der Waals surface area contributed by atoms with Crippen LogP contribution in [0.1, 0.15) is 11.3 Å². The molecule has 3 aromatic rings. The first-order valence-corrected chi connectivity index (χ1v) is 7.09. The highest BCUT2D eigenvalue weighted by molar-refractivity contribution is 6.30. The lowest BCUT2D eigenvalue weighted by molar-refractivity contribution is 0.585. The maximum Gasteiger partial charge on any atom is 0.232 e. The summed E-state index contributed by atoms with van der Waals surface area (Å²) in [6.45, 7) is 0.560. The van der Waals surface area contributed by atoms with E-state index < -0.39 is 0 Å². The lowest BCUT2D eigenvalue weighted by Gasteiger charge is -2.02. The largest absolute Gasteiger partial charge is 0.419 e. The highest BCUT2D eigenvalue weighted by Crippen LogP contribution is 2.26. The van der Waals surface area contributed by atoms with Gasteiger partial charge >= 0.3 is 0 Å². The molecule has 0 aliphatic rings. The Labute approximate surface area is 133 Å². The van der Waals surface area contributed by atoms with Crippen LogP contribution in [-0.2, 0) is 6.54 Å². The van der Waals surface area contributed by atoms with Crippen molar-refractivity contribution < 1.29 is 4.42 Å². The Hall–Kier alpha value is -2.77. The first kappa shape index (κ1) is 14.2. The topological polar surface area (TPSA) is 61.9 Å². The second-order valence-corrected chi connectivity index (χ2v) is 5.09. The molecule has 1 N–H and O–H groups in total. The fraction of sp³-hybridized carbons (Fsp3) is 0.0588. The Morgan fingerprint density at radius 2 is 1.82 bits per heavy atom. The van der Waals surface area contributed by atoms with Crippen LogP contribution >= 0.6 is 11.6 Å². The average Bonchev–Trinajstić information content (AvgIpc) is 2.98. The first-order chi connectivity index (χ1) is 10.8. The van der Waals surface area contributed by atoms with E-state index >= 15 is 0 Å². The Balaban J connectivity index is 1.83. The van der Waals surface area contributed by atoms with Crippen LogP contribution in [0.15, 0.2) is 59.0 Å². The number of rotatable bonds is 4. The normalized spacial score (nSPS) is 10.2. The molecule has 0 aliphatic heterocycles. The van der Waals surface area contributed by atoms with Gasteiger partial charge < -0.3 is 9.73 Å². The molecule has 0 saturated heterocycles. The first-order valence-electron chi connectivity index (χ1n) is 6.71. The summed E-state index contributed by atoms with van der Waals surface area (Å²) in [6.07, 6.45) is 0. The van der Waals surface area contributed by atoms with Gasteiger partial charge in [0.25, 0.3) is 0 Å². The molecule has 0 bridgehead atoms. The lowest BCUT2D eigenvalue weighted by Crippen LogP contribution is -1.99. The maximum absolute atomic E-state index is 9.19. The van der Waals surface area contributed by atoms with Gasteiger partial charge in [0.1, 0.15) is 6.07 Å². The number of benzene rings is 2. The Kier molecular flexibility index (Phi) is 4.08. The third-order valence-corrected chi connectivity index (χ3v) is 3.37. The molecule has 3 rings (SSSR count). The number of hydrogen-bond donors (Lipinski definition) is 1. The zero-order valence-corrected chi connectivity index (χ0v) is 12.3. The number of anilines is 1. The van der Waals surface area contributed by atoms with Crippen molar-refractivity contribution in [1.82, 2.24) is 4.98 Å². The lowest BCUT2D eigenvalue weighted by atomic mass is 10.2. The SMILES string of the molecule is N#Cc1nc(-c2ccc(Cl)cc2)oc1NCc1ccccc1. The molecular formula is C17H12ClN3O. The standard InChI is InChI=1S/C17H12ClN3O/c18-14-8-6-13(7-9-14)16-21-15(10-19)17(22-16)20-11-12-4-2-1-3-5-12/h1-9,20H,11H2. The molecule has 0 fully saturated rings. The van der Waals surface area contributed by atoms with Gasteiger partial charge in [-0.2, -0.15) is 10.2 Å². The van der Waals surface area contributed by atoms with Gasteiger partial charge in [0.2, 0.25) is 17.5 Å². The molecule has 2 aromatic carbocycles. The van der Waals surface area contributed by atoms with Gasteiger partial charge in [-0.3, -0.25) is 0 Å². The molecule has 1 heterocycles. The minimum absolute atomic E-state index is 0.237. The van der Waals surface area contributed by atoms with Crippen LogP contribution in [0.2, 0.25) is 5.02 Å². The van der Waals surface area contributed by atoms with Crippen LogP contribution in [0.25, 0.3) is 11.5 Å². The van der Waals surface area contributed by atoms with E-state index in [2.05, 4.69) is 10.3 Å². The predicted molar refractivity (Wildman–Crippen MR) is 85.4 cm³/mol. The number of nitrogens with one attached hydrogen (secondary N) is 1. The van der Waals surface area contributed by atoms with Crippen LogP contribution in [0.4, 0.5) is 5.88 Å². The monoisotopic (exact) mass is 309 g/mol. The van der Waals surface area contributed by atoms with Crippen molar-refractivity contribution >= 4 is 17.5 Å². The summed E-state index contributed by atoms with van der Waals surface area (Å²) in [6, 6.07) is 19.0. The highest BCUT2D eigenvalue weighted by Gasteiger charge is 2.14. The van der Waals surface area contributed by atoms with Crippen LogP contribution < -0.4 is 5.32 Å². The van der Waals surface area contributed by atoms with Crippen molar-refractivity contribution in [3.05, 3.63) is 70.9 Å². The minimum atomic E-state index is 0.237. The molecule has 22 heavy (non-hydrogen) atoms. The Morgan fingerprint density at radius 1 is 1.09 bits per heavy atom. The number of oxazole rings is 1. The van der Waals surface area contributed by atoms with Gasteiger partial charge in [0.05, 0.1) is 0 Å². The summed E-state index contributed by atoms with van der Waals surface area (Å²) in [5.41, 5.74) is 2.10. The third-order valence-electron chi connectivity index (χ3n) is 3.12. The Bertz CT molecular complexity index is 804. The van der Waals surface area contributed by atoms with Gasteiger partial charge in [-0.25, -0.2) is 0 Å². The molecule has 0 spiro atoms. The van der Waals surface area contributed by atoms with E-state index in [1.165, 1.54) is 0 Å². The Morgan fingerprint density at radius 3 is 2.50 bits per heavy atom. The molecule has 108 valence electrons. The number of aromatic nitrogens is 1. The summed E-state index contributed by atoms with van der Waals surface area (Å²) in [5.74, 6) is 0.764. The maximum atomic E-state index is 9.19. The van der Waals surface area contributed by atoms with Gasteiger partial charge in [-0.15, -0.1) is 0 Å². The minimum Gasteiger partial charge on any atom is -0.419 e. The highest BCUT2D eigenvalue weighted by atomic mass is 35.5. The van der Waals surface area contributed by atoms with E-state index in [0.717, 1.165) is 11.1 Å². The van der Waals surface area contributed by atoms with Crippen molar-refractivity contribution in [3.8, 4) is 17.5 Å². The van der Waals surface area contributed by atoms with Gasteiger partial charge in [0.15, 0.2) is 0 Å². The van der Waals surface area contributed by atoms with E-state index in [0.29, 0.717) is 23.3 Å². The van der Waals surface area contributed by atoms with Gasteiger partial charge in [0, 0.05) is 17.1 Å². The average molecular weight is 310 g/mol. The van der Waals surface area contributed by atoms with E-state index in [9.17, 15) is 5.26 Å². The van der Waals surface area contributed by atoms with Crippen LogP contribution in [-0.4, -0.2) is 4.98 Å². The third kappa shape index (κ3) is 3.11. The molecule has 1 aromatic heterocycles. The van der Waals surface area contributed by atoms with Crippen LogP contribution in [0.5, 0.6) is 0 Å². The van der Waals surface area contributed by atoms with Crippen molar-refractivity contribution in [2.24, 2.45) is 0 Å². The van der Waals surface area contributed by atoms with Crippen molar-refractivity contribution in [2.45, 2.75) is 6.54 Å². The summed E-state index contributed by atoms with van der Waals surface area (Å²) in [4.78, 5) is 4.21. The van der Waals surface area contributed by atoms with E-state index in [-0.39, 0.29) is 5.69 Å². The van der Waals surface area contributed by atoms with Crippen LogP contribution in [0.3, 0.4) is 0 Å². The second kappa shape index (κ2) is 6.33. The molecule has 0 saturated carbocycles. The quantitative estimate of drug-likeness (QED) is 0.772. The van der Waals surface area contributed by atoms with Crippen molar-refractivity contribution in [1.29, 1.82) is 5.26 Å². The summed E-state index contributed by atoms with van der Waals surface area (Å²) in [5, 5.41) is 12.9.